The number of nitro groups is 1. The van der Waals surface area contributed by atoms with Crippen LogP contribution in [0.4, 0.5) is 15.8 Å². The second-order valence-electron chi connectivity index (χ2n) is 6.34. The van der Waals surface area contributed by atoms with Crippen LogP contribution in [0, 0.1) is 15.9 Å². The molecule has 0 aliphatic carbocycles. The summed E-state index contributed by atoms with van der Waals surface area (Å²) in [5.74, 6) is -1.30. The van der Waals surface area contributed by atoms with Crippen molar-refractivity contribution in [3.63, 3.8) is 0 Å². The van der Waals surface area contributed by atoms with Gasteiger partial charge in [-0.3, -0.25) is 14.9 Å². The molecule has 1 fully saturated rings. The Morgan fingerprint density at radius 3 is 2.45 bits per heavy atom. The Balaban J connectivity index is 1.73. The van der Waals surface area contributed by atoms with Crippen LogP contribution in [0.25, 0.3) is 0 Å². The molecule has 0 saturated carbocycles. The maximum atomic E-state index is 12.9. The summed E-state index contributed by atoms with van der Waals surface area (Å²) in [6, 6.07) is 8.35. The molecule has 154 valence electrons. The maximum Gasteiger partial charge on any atom is 0.312 e. The fourth-order valence-corrected chi connectivity index (χ4v) is 4.41. The molecule has 1 N–H and O–H groups in total. The molecule has 0 radical (unpaired) electrons. The minimum Gasteiger partial charge on any atom is -0.477 e. The van der Waals surface area contributed by atoms with Crippen molar-refractivity contribution in [2.45, 2.75) is 17.7 Å². The first-order chi connectivity index (χ1) is 13.8. The minimum absolute atomic E-state index is 0.200. The molecule has 3 rings (SSSR count). The van der Waals surface area contributed by atoms with Crippen LogP contribution in [-0.2, 0) is 14.8 Å². The largest absolute Gasteiger partial charge is 0.477 e. The normalized spacial score (nSPS) is 14.5. The van der Waals surface area contributed by atoms with E-state index in [0.717, 1.165) is 25.0 Å². The van der Waals surface area contributed by atoms with Crippen molar-refractivity contribution in [3.8, 4) is 5.75 Å². The second-order valence-corrected chi connectivity index (χ2v) is 8.28. The average molecular weight is 423 g/mol. The quantitative estimate of drug-likeness (QED) is 0.540. The fourth-order valence-electron chi connectivity index (χ4n) is 2.87. The van der Waals surface area contributed by atoms with E-state index in [1.54, 1.807) is 0 Å². The predicted octanol–water partition coefficient (Wildman–Crippen LogP) is 2.54. The Morgan fingerprint density at radius 1 is 1.17 bits per heavy atom. The lowest BCUT2D eigenvalue weighted by molar-refractivity contribution is -0.386. The summed E-state index contributed by atoms with van der Waals surface area (Å²) < 4.78 is 44.5. The molecule has 2 aromatic carbocycles. The van der Waals surface area contributed by atoms with Gasteiger partial charge >= 0.3 is 5.69 Å². The number of halogens is 1. The highest BCUT2D eigenvalue weighted by atomic mass is 32.2. The van der Waals surface area contributed by atoms with E-state index in [0.29, 0.717) is 18.8 Å². The van der Waals surface area contributed by atoms with Crippen molar-refractivity contribution in [1.82, 2.24) is 4.31 Å². The number of rotatable bonds is 7. The van der Waals surface area contributed by atoms with E-state index in [1.807, 2.05) is 0 Å². The monoisotopic (exact) mass is 423 g/mol. The zero-order valence-corrected chi connectivity index (χ0v) is 16.0. The molecule has 1 heterocycles. The molecule has 9 nitrogen and oxygen atoms in total. The molecule has 0 atom stereocenters. The Morgan fingerprint density at radius 2 is 1.83 bits per heavy atom. The fraction of sp³-hybridized carbons (Fsp3) is 0.278. The predicted molar refractivity (Wildman–Crippen MR) is 102 cm³/mol. The molecular formula is C18H18FN3O6S. The third-order valence-electron chi connectivity index (χ3n) is 4.32. The van der Waals surface area contributed by atoms with E-state index >= 15 is 0 Å². The Bertz CT molecular complexity index is 1020. The first-order valence-electron chi connectivity index (χ1n) is 8.74. The highest BCUT2D eigenvalue weighted by Crippen LogP contribution is 2.31. The lowest BCUT2D eigenvalue weighted by Crippen LogP contribution is -2.28. The van der Waals surface area contributed by atoms with Crippen LogP contribution in [0.2, 0.25) is 0 Å². The van der Waals surface area contributed by atoms with Crippen LogP contribution in [0.1, 0.15) is 12.8 Å². The summed E-state index contributed by atoms with van der Waals surface area (Å²) in [6.07, 6.45) is 1.48. The standard InChI is InChI=1S/C18H18FN3O6S/c19-13-3-5-14(6-4-13)20-18(23)12-28-17-8-7-15(11-16(17)22(24)25)29(26,27)21-9-1-2-10-21/h3-8,11H,1-2,9-10,12H2,(H,20,23). The van der Waals surface area contributed by atoms with E-state index in [1.165, 1.54) is 34.6 Å². The van der Waals surface area contributed by atoms with Crippen LogP contribution in [0.15, 0.2) is 47.4 Å². The van der Waals surface area contributed by atoms with Gasteiger partial charge in [-0.15, -0.1) is 0 Å². The first kappa shape index (κ1) is 20.7. The lowest BCUT2D eigenvalue weighted by atomic mass is 10.3. The van der Waals surface area contributed by atoms with Gasteiger partial charge in [-0.2, -0.15) is 4.31 Å². The molecule has 1 aliphatic rings. The summed E-state index contributed by atoms with van der Waals surface area (Å²) in [7, 11) is -3.82. The van der Waals surface area contributed by atoms with Gasteiger partial charge in [0.05, 0.1) is 9.82 Å². The van der Waals surface area contributed by atoms with Crippen LogP contribution in [-0.4, -0.2) is 43.2 Å². The molecule has 2 aromatic rings. The highest BCUT2D eigenvalue weighted by molar-refractivity contribution is 7.89. The summed E-state index contributed by atoms with van der Waals surface area (Å²) in [6.45, 7) is 0.201. The van der Waals surface area contributed by atoms with Crippen molar-refractivity contribution in [3.05, 3.63) is 58.4 Å². The number of carbonyl (C=O) groups excluding carboxylic acids is 1. The van der Waals surface area contributed by atoms with Gasteiger partial charge in [0.25, 0.3) is 5.91 Å². The SMILES string of the molecule is O=C(COc1ccc(S(=O)(=O)N2CCCC2)cc1[N+](=O)[O-])Nc1ccc(F)cc1. The summed E-state index contributed by atoms with van der Waals surface area (Å²) in [5.41, 5.74) is -0.221. The third kappa shape index (κ3) is 4.87. The summed E-state index contributed by atoms with van der Waals surface area (Å²) in [4.78, 5) is 22.4. The van der Waals surface area contributed by atoms with Crippen molar-refractivity contribution in [2.24, 2.45) is 0 Å². The Kier molecular flexibility index (Phi) is 6.09. The smallest absolute Gasteiger partial charge is 0.312 e. The number of sulfonamides is 1. The number of hydrogen-bond acceptors (Lipinski definition) is 6. The molecule has 1 aliphatic heterocycles. The molecule has 1 saturated heterocycles. The van der Waals surface area contributed by atoms with E-state index in [4.69, 9.17) is 4.74 Å². The zero-order chi connectivity index (χ0) is 21.0. The van der Waals surface area contributed by atoms with Crippen molar-refractivity contribution >= 4 is 27.3 Å². The minimum atomic E-state index is -3.82. The molecule has 0 spiro atoms. The van der Waals surface area contributed by atoms with Gasteiger partial charge in [0.2, 0.25) is 10.0 Å². The van der Waals surface area contributed by atoms with E-state index in [-0.39, 0.29) is 10.6 Å². The van der Waals surface area contributed by atoms with E-state index in [9.17, 15) is 27.7 Å². The van der Waals surface area contributed by atoms with Gasteiger partial charge in [0.1, 0.15) is 5.82 Å². The second kappa shape index (κ2) is 8.53. The number of anilines is 1. The number of ether oxygens (including phenoxy) is 1. The average Bonchev–Trinajstić information content (AvgIpc) is 3.23. The van der Waals surface area contributed by atoms with Crippen molar-refractivity contribution < 1.29 is 27.3 Å². The third-order valence-corrected chi connectivity index (χ3v) is 6.21. The topological polar surface area (TPSA) is 119 Å². The molecule has 0 unspecified atom stereocenters. The number of nitrogens with zero attached hydrogens (tertiary/aromatic N) is 2. The summed E-state index contributed by atoms with van der Waals surface area (Å²) >= 11 is 0. The molecule has 0 bridgehead atoms. The number of amides is 1. The number of carbonyl (C=O) groups is 1. The van der Waals surface area contributed by atoms with Crippen LogP contribution < -0.4 is 10.1 Å². The van der Waals surface area contributed by atoms with Gasteiger partial charge in [-0.25, -0.2) is 12.8 Å². The van der Waals surface area contributed by atoms with Gasteiger partial charge in [-0.1, -0.05) is 0 Å². The Labute approximate surface area is 166 Å². The number of benzene rings is 2. The molecule has 0 aromatic heterocycles. The summed E-state index contributed by atoms with van der Waals surface area (Å²) in [5, 5.41) is 13.8. The van der Waals surface area contributed by atoms with Crippen LogP contribution >= 0.6 is 0 Å². The van der Waals surface area contributed by atoms with E-state index < -0.39 is 39.0 Å². The number of nitrogens with one attached hydrogen (secondary N) is 1. The van der Waals surface area contributed by atoms with Crippen LogP contribution in [0.3, 0.4) is 0 Å². The lowest BCUT2D eigenvalue weighted by Gasteiger charge is -2.16. The van der Waals surface area contributed by atoms with Crippen molar-refractivity contribution in [1.29, 1.82) is 0 Å². The van der Waals surface area contributed by atoms with Gasteiger partial charge in [-0.05, 0) is 49.2 Å². The Hall–Kier alpha value is -3.05. The van der Waals surface area contributed by atoms with E-state index in [2.05, 4.69) is 5.32 Å². The van der Waals surface area contributed by atoms with Gasteiger partial charge in [0.15, 0.2) is 12.4 Å². The first-order valence-corrected chi connectivity index (χ1v) is 10.2. The molecule has 29 heavy (non-hydrogen) atoms. The number of nitro benzene ring substituents is 1. The number of hydrogen-bond donors (Lipinski definition) is 1. The molecule has 1 amide bonds. The maximum absolute atomic E-state index is 12.9. The highest BCUT2D eigenvalue weighted by Gasteiger charge is 2.30. The van der Waals surface area contributed by atoms with Crippen molar-refractivity contribution in [2.75, 3.05) is 25.0 Å². The molecule has 11 heteroatoms. The van der Waals surface area contributed by atoms with Gasteiger partial charge in [0, 0.05) is 24.8 Å². The zero-order valence-electron chi connectivity index (χ0n) is 15.2. The molecular weight excluding hydrogens is 405 g/mol. The van der Waals surface area contributed by atoms with Crippen LogP contribution in [0.5, 0.6) is 5.75 Å². The van der Waals surface area contributed by atoms with Gasteiger partial charge < -0.3 is 10.1 Å².